The molecule has 0 saturated carbocycles. The lowest BCUT2D eigenvalue weighted by Gasteiger charge is -2.30. The highest BCUT2D eigenvalue weighted by molar-refractivity contribution is 14.1. The van der Waals surface area contributed by atoms with E-state index >= 15 is 0 Å². The smallest absolute Gasteiger partial charge is 0.255 e. The third kappa shape index (κ3) is 4.16. The maximum absolute atomic E-state index is 13.1. The quantitative estimate of drug-likeness (QED) is 0.385. The van der Waals surface area contributed by atoms with E-state index in [9.17, 15) is 9.90 Å². The van der Waals surface area contributed by atoms with Gasteiger partial charge in [0.25, 0.3) is 5.91 Å². The summed E-state index contributed by atoms with van der Waals surface area (Å²) in [6.07, 6.45) is 0. The third-order valence-corrected chi connectivity index (χ3v) is 5.26. The Kier molecular flexibility index (Phi) is 5.85. The molecule has 8 heteroatoms. The van der Waals surface area contributed by atoms with E-state index in [4.69, 9.17) is 17.0 Å². The largest absolute Gasteiger partial charge is 0.507 e. The number of anilines is 1. The molecule has 0 bridgehead atoms. The Bertz CT molecular complexity index is 946. The second kappa shape index (κ2) is 8.13. The fourth-order valence-corrected chi connectivity index (χ4v) is 3.70. The van der Waals surface area contributed by atoms with Crippen LogP contribution in [0.15, 0.2) is 53.7 Å². The zero-order valence-corrected chi connectivity index (χ0v) is 17.6. The van der Waals surface area contributed by atoms with E-state index in [1.165, 1.54) is 0 Å². The second-order valence-corrected chi connectivity index (χ2v) is 7.51. The van der Waals surface area contributed by atoms with Gasteiger partial charge >= 0.3 is 0 Å². The molecular weight excluding hydrogens is 477 g/mol. The van der Waals surface area contributed by atoms with E-state index in [0.29, 0.717) is 31.4 Å². The highest BCUT2D eigenvalue weighted by Gasteiger charge is 2.30. The van der Waals surface area contributed by atoms with Gasteiger partial charge in [-0.1, -0.05) is 18.2 Å². The Morgan fingerprint density at radius 3 is 2.74 bits per heavy atom. The molecule has 0 aliphatic carbocycles. The van der Waals surface area contributed by atoms with Gasteiger partial charge in [-0.3, -0.25) is 4.79 Å². The monoisotopic (exact) mass is 495 g/mol. The molecule has 6 nitrogen and oxygen atoms in total. The minimum atomic E-state index is -0.442. The number of methoxy groups -OCH3 is 1. The first-order valence-electron chi connectivity index (χ1n) is 8.11. The lowest BCUT2D eigenvalue weighted by molar-refractivity contribution is -0.113. The second-order valence-electron chi connectivity index (χ2n) is 5.94. The first kappa shape index (κ1) is 19.4. The number of rotatable bonds is 4. The Balaban J connectivity index is 1.98. The lowest BCUT2D eigenvalue weighted by atomic mass is 9.95. The summed E-state index contributed by atoms with van der Waals surface area (Å²) in [5.41, 5.74) is 2.58. The summed E-state index contributed by atoms with van der Waals surface area (Å²) in [7, 11) is 1.55. The number of ether oxygens (including phenoxy) is 1. The van der Waals surface area contributed by atoms with Crippen molar-refractivity contribution in [1.29, 1.82) is 0 Å². The molecule has 0 saturated heterocycles. The SMILES string of the molecule is COc1ccccc1NC(=O)C1=C(C)NC(=S)N[C@@H]1c1ccc(O)c(I)c1. The predicted octanol–water partition coefficient (Wildman–Crippen LogP) is 3.44. The zero-order chi connectivity index (χ0) is 19.6. The number of halogens is 1. The molecule has 0 unspecified atom stereocenters. The fraction of sp³-hybridized carbons (Fsp3) is 0.158. The maximum Gasteiger partial charge on any atom is 0.255 e. The van der Waals surface area contributed by atoms with Gasteiger partial charge in [0.05, 0.1) is 28.0 Å². The van der Waals surface area contributed by atoms with E-state index in [0.717, 1.165) is 5.56 Å². The molecule has 2 aromatic carbocycles. The molecule has 1 aliphatic heterocycles. The minimum Gasteiger partial charge on any atom is -0.507 e. The van der Waals surface area contributed by atoms with Crippen molar-refractivity contribution < 1.29 is 14.6 Å². The molecule has 27 heavy (non-hydrogen) atoms. The van der Waals surface area contributed by atoms with Crippen molar-refractivity contribution in [3.05, 3.63) is 62.9 Å². The van der Waals surface area contributed by atoms with Crippen LogP contribution >= 0.6 is 34.8 Å². The summed E-state index contributed by atoms with van der Waals surface area (Å²) in [6.45, 7) is 1.81. The Morgan fingerprint density at radius 1 is 1.30 bits per heavy atom. The standard InChI is InChI=1S/C19H18IN3O3S/c1-10-16(18(25)22-13-5-3-4-6-15(13)26-2)17(23-19(27)21-10)11-7-8-14(24)12(20)9-11/h3-9,17,24H,1-2H3,(H,22,25)(H2,21,23,27)/t17-/m1/s1. The maximum atomic E-state index is 13.1. The molecule has 3 rings (SSSR count). The molecular formula is C19H18IN3O3S. The number of phenols is 1. The number of nitrogens with one attached hydrogen (secondary N) is 3. The van der Waals surface area contributed by atoms with Crippen LogP contribution in [0.2, 0.25) is 0 Å². The molecule has 0 radical (unpaired) electrons. The van der Waals surface area contributed by atoms with Gasteiger partial charge in [0.2, 0.25) is 0 Å². The molecule has 1 atom stereocenters. The Hall–Kier alpha value is -2.33. The minimum absolute atomic E-state index is 0.191. The molecule has 2 aromatic rings. The van der Waals surface area contributed by atoms with Crippen molar-refractivity contribution >= 4 is 51.5 Å². The van der Waals surface area contributed by atoms with E-state index in [1.807, 2.05) is 47.7 Å². The van der Waals surface area contributed by atoms with E-state index < -0.39 is 6.04 Å². The van der Waals surface area contributed by atoms with Gasteiger partial charge < -0.3 is 25.8 Å². The average Bonchev–Trinajstić information content (AvgIpc) is 2.63. The van der Waals surface area contributed by atoms with Crippen molar-refractivity contribution in [2.24, 2.45) is 0 Å². The number of allylic oxidation sites excluding steroid dienone is 1. The summed E-state index contributed by atoms with van der Waals surface area (Å²) in [5, 5.41) is 19.3. The molecule has 1 aliphatic rings. The Labute approximate surface area is 176 Å². The van der Waals surface area contributed by atoms with Gasteiger partial charge in [-0.25, -0.2) is 0 Å². The zero-order valence-electron chi connectivity index (χ0n) is 14.7. The summed E-state index contributed by atoms with van der Waals surface area (Å²) in [4.78, 5) is 13.1. The van der Waals surface area contributed by atoms with Crippen molar-refractivity contribution in [3.63, 3.8) is 0 Å². The highest BCUT2D eigenvalue weighted by Crippen LogP contribution is 2.32. The van der Waals surface area contributed by atoms with E-state index in [1.54, 1.807) is 31.4 Å². The van der Waals surface area contributed by atoms with Crippen LogP contribution in [0.1, 0.15) is 18.5 Å². The van der Waals surface area contributed by atoms with E-state index in [2.05, 4.69) is 16.0 Å². The lowest BCUT2D eigenvalue weighted by Crippen LogP contribution is -2.45. The normalized spacial score (nSPS) is 16.4. The van der Waals surface area contributed by atoms with Crippen LogP contribution in [0.5, 0.6) is 11.5 Å². The number of hydrogen-bond donors (Lipinski definition) is 4. The van der Waals surface area contributed by atoms with Crippen molar-refractivity contribution in [1.82, 2.24) is 10.6 Å². The van der Waals surface area contributed by atoms with Gasteiger partial charge in [0.15, 0.2) is 5.11 Å². The topological polar surface area (TPSA) is 82.6 Å². The predicted molar refractivity (Wildman–Crippen MR) is 117 cm³/mol. The summed E-state index contributed by atoms with van der Waals surface area (Å²) < 4.78 is 6.00. The van der Waals surface area contributed by atoms with Gasteiger partial charge in [-0.15, -0.1) is 0 Å². The number of para-hydroxylation sites is 2. The Morgan fingerprint density at radius 2 is 2.04 bits per heavy atom. The van der Waals surface area contributed by atoms with Crippen LogP contribution in [0.3, 0.4) is 0 Å². The average molecular weight is 495 g/mol. The number of benzene rings is 2. The van der Waals surface area contributed by atoms with Crippen LogP contribution in [-0.4, -0.2) is 23.2 Å². The summed E-state index contributed by atoms with van der Waals surface area (Å²) >= 11 is 7.32. The number of amides is 1. The number of aromatic hydroxyl groups is 1. The third-order valence-electron chi connectivity index (χ3n) is 4.17. The van der Waals surface area contributed by atoms with Crippen LogP contribution in [-0.2, 0) is 4.79 Å². The number of carbonyl (C=O) groups is 1. The van der Waals surface area contributed by atoms with Crippen LogP contribution in [0.25, 0.3) is 0 Å². The van der Waals surface area contributed by atoms with Gasteiger partial charge in [0.1, 0.15) is 11.5 Å². The van der Waals surface area contributed by atoms with Crippen LogP contribution in [0.4, 0.5) is 5.69 Å². The first-order chi connectivity index (χ1) is 12.9. The summed E-state index contributed by atoms with van der Waals surface area (Å²) in [5.74, 6) is 0.497. The molecule has 1 amide bonds. The first-order valence-corrected chi connectivity index (χ1v) is 9.60. The number of thiocarbonyl (C=S) groups is 1. The van der Waals surface area contributed by atoms with Crippen molar-refractivity contribution in [2.75, 3.05) is 12.4 Å². The van der Waals surface area contributed by atoms with Crippen LogP contribution < -0.4 is 20.7 Å². The molecule has 4 N–H and O–H groups in total. The van der Waals surface area contributed by atoms with E-state index in [-0.39, 0.29) is 11.7 Å². The number of hydrogen-bond acceptors (Lipinski definition) is 4. The molecule has 140 valence electrons. The number of phenolic OH excluding ortho intramolecular Hbond substituents is 1. The van der Waals surface area contributed by atoms with Crippen LogP contribution in [0, 0.1) is 3.57 Å². The van der Waals surface area contributed by atoms with Crippen molar-refractivity contribution in [2.45, 2.75) is 13.0 Å². The molecule has 1 heterocycles. The van der Waals surface area contributed by atoms with Gasteiger partial charge in [-0.05, 0) is 71.6 Å². The molecule has 0 aromatic heterocycles. The fourth-order valence-electron chi connectivity index (χ4n) is 2.89. The van der Waals surface area contributed by atoms with Gasteiger partial charge in [-0.2, -0.15) is 0 Å². The number of carbonyl (C=O) groups excluding carboxylic acids is 1. The highest BCUT2D eigenvalue weighted by atomic mass is 127. The van der Waals surface area contributed by atoms with Gasteiger partial charge in [0, 0.05) is 5.70 Å². The molecule has 0 spiro atoms. The summed E-state index contributed by atoms with van der Waals surface area (Å²) in [6, 6.07) is 12.0. The van der Waals surface area contributed by atoms with Crippen molar-refractivity contribution in [3.8, 4) is 11.5 Å². The molecule has 0 fully saturated rings.